The van der Waals surface area contributed by atoms with E-state index in [9.17, 15) is 0 Å². The third-order valence-corrected chi connectivity index (χ3v) is 2.79. The van der Waals surface area contributed by atoms with Gasteiger partial charge in [0.25, 0.3) is 0 Å². The van der Waals surface area contributed by atoms with Crippen LogP contribution in [0.25, 0.3) is 22.1 Å². The van der Waals surface area contributed by atoms with Gasteiger partial charge in [-0.15, -0.1) is 0 Å². The number of hydrogen-bond acceptors (Lipinski definition) is 5. The molecule has 0 aliphatic rings. The molecule has 0 saturated carbocycles. The van der Waals surface area contributed by atoms with Crippen LogP contribution in [-0.2, 0) is 0 Å². The van der Waals surface area contributed by atoms with Gasteiger partial charge in [0, 0.05) is 0 Å². The summed E-state index contributed by atoms with van der Waals surface area (Å²) in [6, 6.07) is 3.73. The molecule has 0 spiro atoms. The zero-order chi connectivity index (χ0) is 7.97. The summed E-state index contributed by atoms with van der Waals surface area (Å²) in [5.74, 6) is 0. The van der Waals surface area contributed by atoms with Crippen LogP contribution in [0.1, 0.15) is 0 Å². The van der Waals surface area contributed by atoms with E-state index in [-0.39, 0.29) is 15.0 Å². The molecule has 2 heterocycles. The van der Waals surface area contributed by atoms with E-state index in [0.717, 1.165) is 22.1 Å². The zero-order valence-electron chi connectivity index (χ0n) is 5.76. The van der Waals surface area contributed by atoms with E-state index in [1.165, 1.54) is 0 Å². The van der Waals surface area contributed by atoms with Crippen molar-refractivity contribution in [3.8, 4) is 0 Å². The summed E-state index contributed by atoms with van der Waals surface area (Å²) < 4.78 is 13.0. The van der Waals surface area contributed by atoms with Crippen LogP contribution in [0.2, 0.25) is 0 Å². The SMILES string of the molecule is c1cc2n[se]nc2c2nonc12. The average Bonchev–Trinajstić information content (AvgIpc) is 2.71. The fraction of sp³-hybridized carbons (Fsp3) is 0. The first kappa shape index (κ1) is 6.28. The number of rotatable bonds is 0. The van der Waals surface area contributed by atoms with Crippen LogP contribution >= 0.6 is 0 Å². The third kappa shape index (κ3) is 0.680. The van der Waals surface area contributed by atoms with Crippen LogP contribution in [0, 0.1) is 0 Å². The molecule has 3 rings (SSSR count). The Morgan fingerprint density at radius 3 is 2.92 bits per heavy atom. The minimum absolute atomic E-state index is 0.0183. The van der Waals surface area contributed by atoms with Crippen molar-refractivity contribution in [3.05, 3.63) is 12.1 Å². The molecule has 0 aliphatic heterocycles. The fourth-order valence-electron chi connectivity index (χ4n) is 1.10. The molecular weight excluding hydrogens is 223 g/mol. The molecule has 0 radical (unpaired) electrons. The molecule has 0 amide bonds. The van der Waals surface area contributed by atoms with Crippen LogP contribution in [0.15, 0.2) is 16.8 Å². The number of hydrogen-bond donors (Lipinski definition) is 0. The average molecular weight is 225 g/mol. The Balaban J connectivity index is 2.71. The summed E-state index contributed by atoms with van der Waals surface area (Å²) >= 11 is -0.0183. The molecule has 12 heavy (non-hydrogen) atoms. The van der Waals surface area contributed by atoms with Crippen molar-refractivity contribution in [2.24, 2.45) is 0 Å². The van der Waals surface area contributed by atoms with Crippen molar-refractivity contribution >= 4 is 37.0 Å². The monoisotopic (exact) mass is 226 g/mol. The van der Waals surface area contributed by atoms with Gasteiger partial charge in [-0.3, -0.25) is 0 Å². The van der Waals surface area contributed by atoms with Crippen LogP contribution in [0.4, 0.5) is 0 Å². The molecule has 0 saturated heterocycles. The molecule has 1 aromatic carbocycles. The van der Waals surface area contributed by atoms with E-state index < -0.39 is 0 Å². The summed E-state index contributed by atoms with van der Waals surface area (Å²) in [6.45, 7) is 0. The van der Waals surface area contributed by atoms with Gasteiger partial charge in [-0.2, -0.15) is 0 Å². The second-order valence-corrected chi connectivity index (χ2v) is 3.44. The van der Waals surface area contributed by atoms with Gasteiger partial charge >= 0.3 is 72.1 Å². The molecule has 5 nitrogen and oxygen atoms in total. The Morgan fingerprint density at radius 2 is 1.92 bits per heavy atom. The number of nitrogens with zero attached hydrogens (tertiary/aromatic N) is 4. The van der Waals surface area contributed by atoms with Crippen molar-refractivity contribution in [2.75, 3.05) is 0 Å². The Hall–Kier alpha value is -1.26. The minimum atomic E-state index is -0.0183. The Kier molecular flexibility index (Phi) is 1.11. The standard InChI is InChI=1S/C6H2N4OSe/c1-2-4-6(10-12-9-4)5-3(1)7-11-8-5/h1-2H. The quantitative estimate of drug-likeness (QED) is 0.512. The van der Waals surface area contributed by atoms with Gasteiger partial charge in [0.05, 0.1) is 0 Å². The van der Waals surface area contributed by atoms with Crippen molar-refractivity contribution < 1.29 is 4.63 Å². The molecule has 0 bridgehead atoms. The topological polar surface area (TPSA) is 64.7 Å². The van der Waals surface area contributed by atoms with Gasteiger partial charge in [0.15, 0.2) is 0 Å². The van der Waals surface area contributed by atoms with Gasteiger partial charge in [-0.1, -0.05) is 0 Å². The van der Waals surface area contributed by atoms with E-state index >= 15 is 0 Å². The Bertz CT molecular complexity index is 493. The predicted octanol–water partition coefficient (Wildman–Crippen LogP) is 0.223. The zero-order valence-corrected chi connectivity index (χ0v) is 7.47. The molecule has 0 aliphatic carbocycles. The number of aromatic nitrogens is 4. The second-order valence-electron chi connectivity index (χ2n) is 2.33. The third-order valence-electron chi connectivity index (χ3n) is 1.65. The van der Waals surface area contributed by atoms with E-state index in [1.807, 2.05) is 12.1 Å². The molecule has 2 aromatic heterocycles. The second kappa shape index (κ2) is 2.12. The van der Waals surface area contributed by atoms with Gasteiger partial charge in [0.1, 0.15) is 0 Å². The van der Waals surface area contributed by atoms with Crippen molar-refractivity contribution in [1.29, 1.82) is 0 Å². The molecule has 3 aromatic rings. The van der Waals surface area contributed by atoms with Crippen LogP contribution in [-0.4, -0.2) is 33.2 Å². The molecule has 6 heteroatoms. The predicted molar refractivity (Wildman–Crippen MR) is 41.8 cm³/mol. The first-order valence-electron chi connectivity index (χ1n) is 3.29. The van der Waals surface area contributed by atoms with Crippen LogP contribution in [0.3, 0.4) is 0 Å². The van der Waals surface area contributed by atoms with E-state index in [2.05, 4.69) is 22.9 Å². The summed E-state index contributed by atoms with van der Waals surface area (Å²) in [5, 5.41) is 7.48. The fourth-order valence-corrected chi connectivity index (χ4v) is 2.22. The summed E-state index contributed by atoms with van der Waals surface area (Å²) in [6.07, 6.45) is 0. The van der Waals surface area contributed by atoms with E-state index in [1.54, 1.807) is 0 Å². The van der Waals surface area contributed by atoms with Gasteiger partial charge < -0.3 is 0 Å². The summed E-state index contributed by atoms with van der Waals surface area (Å²) in [5.41, 5.74) is 3.19. The van der Waals surface area contributed by atoms with Crippen LogP contribution < -0.4 is 0 Å². The maximum atomic E-state index is 4.60. The number of benzene rings is 1. The molecule has 58 valence electrons. The molecule has 0 N–H and O–H groups in total. The molecular formula is C6H2N4OSe. The number of fused-ring (bicyclic) bond motifs is 3. The molecule has 0 fully saturated rings. The van der Waals surface area contributed by atoms with Gasteiger partial charge in [0.2, 0.25) is 0 Å². The van der Waals surface area contributed by atoms with Gasteiger partial charge in [-0.25, -0.2) is 0 Å². The van der Waals surface area contributed by atoms with Gasteiger partial charge in [-0.05, 0) is 0 Å². The normalized spacial score (nSPS) is 11.3. The van der Waals surface area contributed by atoms with Crippen molar-refractivity contribution in [3.63, 3.8) is 0 Å². The maximum absolute atomic E-state index is 4.60. The van der Waals surface area contributed by atoms with E-state index in [4.69, 9.17) is 0 Å². The van der Waals surface area contributed by atoms with Crippen LogP contribution in [0.5, 0.6) is 0 Å². The summed E-state index contributed by atoms with van der Waals surface area (Å²) in [7, 11) is 0. The van der Waals surface area contributed by atoms with Crippen molar-refractivity contribution in [2.45, 2.75) is 0 Å². The first-order valence-corrected chi connectivity index (χ1v) is 4.82. The Morgan fingerprint density at radius 1 is 1.00 bits per heavy atom. The van der Waals surface area contributed by atoms with Crippen molar-refractivity contribution in [1.82, 2.24) is 18.3 Å². The molecule has 0 atom stereocenters. The summed E-state index contributed by atoms with van der Waals surface area (Å²) in [4.78, 5) is 0. The molecule has 0 unspecified atom stereocenters. The Labute approximate surface area is 72.6 Å². The van der Waals surface area contributed by atoms with E-state index in [0.29, 0.717) is 0 Å². The first-order chi connectivity index (χ1) is 5.95.